The van der Waals surface area contributed by atoms with Gasteiger partial charge in [0.05, 0.1) is 45.8 Å². The summed E-state index contributed by atoms with van der Waals surface area (Å²) >= 11 is 0. The summed E-state index contributed by atoms with van der Waals surface area (Å²) in [6.45, 7) is 37.5. The summed E-state index contributed by atoms with van der Waals surface area (Å²) < 4.78 is 50.7. The highest BCUT2D eigenvalue weighted by atomic mass is 16.6. The Morgan fingerprint density at radius 3 is 0.825 bits per heavy atom. The first-order valence-corrected chi connectivity index (χ1v) is 32.7. The van der Waals surface area contributed by atoms with E-state index in [2.05, 4.69) is 10.6 Å². The number of hydrogen-bond donors (Lipinski definition) is 3. The summed E-state index contributed by atoms with van der Waals surface area (Å²) in [5.41, 5.74) is -9.59. The number of ether oxygens (including phenoxy) is 9. The number of imide groups is 1. The molecule has 0 spiro atoms. The van der Waals surface area contributed by atoms with Crippen molar-refractivity contribution >= 4 is 71.8 Å². The minimum atomic E-state index is -2.09. The SMILES string of the molecule is CCN(CCN(CC(=O)OC(C)(C)C)CC(C(=O)NC(CNC(=O)C(CN(CCN(C(=O)OC(C)(C)C)C(=O)OC(C)(C)C)CC(=O)OC(C)(C)C)N(CC(=O)OC(C)(C)C)CC(=O)OC(C)(C)C)C(=O)O)N(CC(=O)OC(C)(C)C)CC(=O)OC(C)(C)C)CC(=O)OC(C)(C)C. The van der Waals surface area contributed by atoms with Gasteiger partial charge in [-0.15, -0.1) is 0 Å². The molecule has 0 aliphatic rings. The van der Waals surface area contributed by atoms with Gasteiger partial charge < -0.3 is 58.4 Å². The van der Waals surface area contributed by atoms with Crippen molar-refractivity contribution < 1.29 is 105 Å². The number of hydrogen-bond acceptors (Lipinski definition) is 26. The van der Waals surface area contributed by atoms with Crippen molar-refractivity contribution in [2.75, 3.05) is 98.2 Å². The highest BCUT2D eigenvalue weighted by Crippen LogP contribution is 2.20. The second kappa shape index (κ2) is 37.4. The van der Waals surface area contributed by atoms with Crippen LogP contribution in [0, 0.1) is 0 Å². The average Bonchev–Trinajstić information content (AvgIpc) is 0.879. The molecule has 0 fully saturated rings. The van der Waals surface area contributed by atoms with E-state index < -0.39 is 212 Å². The summed E-state index contributed by atoms with van der Waals surface area (Å²) in [5, 5.41) is 16.0. The van der Waals surface area contributed by atoms with Crippen molar-refractivity contribution in [3.05, 3.63) is 0 Å². The van der Waals surface area contributed by atoms with E-state index in [-0.39, 0.29) is 19.6 Å². The van der Waals surface area contributed by atoms with E-state index in [1.807, 2.05) is 0 Å². The first-order chi connectivity index (χ1) is 43.4. The number of carbonyl (C=O) groups excluding carboxylic acids is 11. The highest BCUT2D eigenvalue weighted by Gasteiger charge is 2.40. The molecule has 4 amide bonds. The molecule has 560 valence electrons. The molecule has 0 radical (unpaired) electrons. The Hall–Kier alpha value is -6.76. The largest absolute Gasteiger partial charge is 0.480 e. The minimum Gasteiger partial charge on any atom is -0.480 e. The number of nitrogens with one attached hydrogen (secondary N) is 2. The molecule has 97 heavy (non-hydrogen) atoms. The van der Waals surface area contributed by atoms with Crippen LogP contribution < -0.4 is 10.6 Å². The van der Waals surface area contributed by atoms with Crippen molar-refractivity contribution in [1.82, 2.24) is 40.0 Å². The normalized spacial score (nSPS) is 13.8. The summed E-state index contributed by atoms with van der Waals surface area (Å²) in [7, 11) is 0. The van der Waals surface area contributed by atoms with Gasteiger partial charge in [-0.2, -0.15) is 0 Å². The second-order valence-electron chi connectivity index (χ2n) is 32.5. The van der Waals surface area contributed by atoms with E-state index >= 15 is 9.59 Å². The number of carboxylic acids is 1. The molecule has 0 bridgehead atoms. The second-order valence-corrected chi connectivity index (χ2v) is 32.5. The zero-order valence-corrected chi connectivity index (χ0v) is 63.5. The summed E-state index contributed by atoms with van der Waals surface area (Å²) in [6, 6.07) is -5.64. The Morgan fingerprint density at radius 1 is 0.330 bits per heavy atom. The van der Waals surface area contributed by atoms with E-state index in [0.717, 1.165) is 9.80 Å². The van der Waals surface area contributed by atoms with Crippen LogP contribution >= 0.6 is 0 Å². The number of carboxylic acid groups (broad SMARTS) is 1. The predicted molar refractivity (Wildman–Crippen MR) is 358 cm³/mol. The van der Waals surface area contributed by atoms with Crippen LogP contribution in [0.3, 0.4) is 0 Å². The van der Waals surface area contributed by atoms with E-state index in [9.17, 15) is 53.1 Å². The minimum absolute atomic E-state index is 0.0653. The lowest BCUT2D eigenvalue weighted by atomic mass is 10.1. The maximum absolute atomic E-state index is 15.4. The van der Waals surface area contributed by atoms with Crippen LogP contribution in [0.15, 0.2) is 0 Å². The van der Waals surface area contributed by atoms with Gasteiger partial charge in [0.25, 0.3) is 0 Å². The van der Waals surface area contributed by atoms with Gasteiger partial charge in [-0.25, -0.2) is 19.3 Å². The van der Waals surface area contributed by atoms with Crippen LogP contribution in [0.25, 0.3) is 0 Å². The molecular weight excluding hydrogens is 1270 g/mol. The average molecular weight is 1390 g/mol. The zero-order chi connectivity index (χ0) is 76.0. The number of esters is 7. The maximum Gasteiger partial charge on any atom is 0.419 e. The van der Waals surface area contributed by atoms with Crippen LogP contribution in [0.5, 0.6) is 0 Å². The molecule has 30 heteroatoms. The molecule has 0 aliphatic heterocycles. The smallest absolute Gasteiger partial charge is 0.419 e. The predicted octanol–water partition coefficient (Wildman–Crippen LogP) is 5.50. The van der Waals surface area contributed by atoms with E-state index in [0.29, 0.717) is 11.4 Å². The van der Waals surface area contributed by atoms with E-state index in [4.69, 9.17) is 42.6 Å². The maximum atomic E-state index is 15.4. The molecule has 0 heterocycles. The van der Waals surface area contributed by atoms with Crippen molar-refractivity contribution in [2.24, 2.45) is 0 Å². The fraction of sp³-hybridized carbons (Fsp3) is 0.821. The molecule has 0 saturated heterocycles. The molecule has 0 aliphatic carbocycles. The lowest BCUT2D eigenvalue weighted by Crippen LogP contribution is -2.61. The first-order valence-electron chi connectivity index (χ1n) is 32.7. The van der Waals surface area contributed by atoms with Crippen molar-refractivity contribution in [3.63, 3.8) is 0 Å². The number of amides is 4. The van der Waals surface area contributed by atoms with Gasteiger partial charge in [-0.1, -0.05) is 6.92 Å². The van der Waals surface area contributed by atoms with Gasteiger partial charge >= 0.3 is 59.9 Å². The summed E-state index contributed by atoms with van der Waals surface area (Å²) in [6.07, 6.45) is -2.28. The first kappa shape index (κ1) is 90.2. The van der Waals surface area contributed by atoms with Gasteiger partial charge in [0.1, 0.15) is 68.5 Å². The van der Waals surface area contributed by atoms with Crippen LogP contribution in [-0.4, -0.2) is 273 Å². The molecule has 3 atom stereocenters. The molecular formula is C67H120N8O22. The lowest BCUT2D eigenvalue weighted by molar-refractivity contribution is -0.165. The van der Waals surface area contributed by atoms with Gasteiger partial charge in [-0.3, -0.25) is 67.7 Å². The Morgan fingerprint density at radius 2 is 0.567 bits per heavy atom. The van der Waals surface area contributed by atoms with Gasteiger partial charge in [-0.05, 0) is 193 Å². The van der Waals surface area contributed by atoms with Crippen LogP contribution in [0.1, 0.15) is 194 Å². The lowest BCUT2D eigenvalue weighted by Gasteiger charge is -2.36. The Balaban J connectivity index is 8.65. The number of rotatable bonds is 33. The molecule has 0 saturated carbocycles. The van der Waals surface area contributed by atoms with Gasteiger partial charge in [0, 0.05) is 45.8 Å². The van der Waals surface area contributed by atoms with Gasteiger partial charge in [0.2, 0.25) is 11.8 Å². The highest BCUT2D eigenvalue weighted by molar-refractivity contribution is 5.90. The third-order valence-electron chi connectivity index (χ3n) is 11.8. The number of likely N-dealkylation sites (N-methyl/N-ethyl adjacent to an activating group) is 1. The monoisotopic (exact) mass is 1390 g/mol. The third kappa shape index (κ3) is 44.7. The standard InChI is InChI=1S/C67H120N8O22/c1-29-70(37-47(76)89-59(2,3)4)30-31-71(38-48(77)90-60(5,6)7)36-46(74(42-52(81)94-64(17,18)19)43-53(82)95-65(20,21)22)55(84)69-44(56(85)86)34-68-54(83)45(73(40-50(79)92-62(11,12)13)41-51(80)93-63(14,15)16)35-72(39-49(78)91-61(8,9)10)32-33-75(57(87)96-66(23,24)25)58(88)97-67(26,27)28/h44-46H,29-43H2,1-28H3,(H,68,83)(H,69,84)(H,85,86). The van der Waals surface area contributed by atoms with Crippen LogP contribution in [-0.2, 0) is 90.6 Å². The van der Waals surface area contributed by atoms with Crippen molar-refractivity contribution in [1.29, 1.82) is 0 Å². The molecule has 0 rings (SSSR count). The summed E-state index contributed by atoms with van der Waals surface area (Å²) in [4.78, 5) is 176. The molecule has 0 aromatic heterocycles. The van der Waals surface area contributed by atoms with Gasteiger partial charge in [0.15, 0.2) is 0 Å². The third-order valence-corrected chi connectivity index (χ3v) is 11.8. The van der Waals surface area contributed by atoms with Crippen molar-refractivity contribution in [3.8, 4) is 0 Å². The Labute approximate surface area is 575 Å². The molecule has 30 nitrogen and oxygen atoms in total. The Kier molecular flexibility index (Phi) is 34.8. The van der Waals surface area contributed by atoms with E-state index in [1.54, 1.807) is 199 Å². The fourth-order valence-electron chi connectivity index (χ4n) is 8.62. The van der Waals surface area contributed by atoms with E-state index in [1.165, 1.54) is 9.80 Å². The topological polar surface area (TPSA) is 352 Å². The zero-order valence-electron chi connectivity index (χ0n) is 63.5. The number of carbonyl (C=O) groups is 12. The molecule has 3 N–H and O–H groups in total. The molecule has 3 unspecified atom stereocenters. The Bertz CT molecular complexity index is 2570. The quantitative estimate of drug-likeness (QED) is 0.0539. The number of aliphatic carboxylic acids is 1. The molecule has 0 aromatic rings. The van der Waals surface area contributed by atoms with Crippen LogP contribution in [0.2, 0.25) is 0 Å². The fourth-order valence-corrected chi connectivity index (χ4v) is 8.62. The van der Waals surface area contributed by atoms with Crippen LogP contribution in [0.4, 0.5) is 9.59 Å². The summed E-state index contributed by atoms with van der Waals surface area (Å²) in [5.74, 6) is -9.99. The van der Waals surface area contributed by atoms with Crippen molar-refractivity contribution in [2.45, 2.75) is 262 Å². The number of nitrogens with zero attached hydrogens (tertiary/aromatic N) is 6. The molecule has 0 aromatic carbocycles.